The third kappa shape index (κ3) is 1.91. The Morgan fingerprint density at radius 1 is 1.29 bits per heavy atom. The normalized spacial score (nSPS) is 13.8. The fourth-order valence-electron chi connectivity index (χ4n) is 2.66. The Bertz CT molecular complexity index is 822. The molecule has 1 N–H and O–H groups in total. The van der Waals surface area contributed by atoms with Crippen molar-refractivity contribution in [1.82, 2.24) is 9.38 Å². The Kier molecular flexibility index (Phi) is 2.87. The molecule has 4 rings (SSSR count). The molecule has 21 heavy (non-hydrogen) atoms. The van der Waals surface area contributed by atoms with Gasteiger partial charge in [-0.25, -0.2) is 4.98 Å². The molecule has 0 bridgehead atoms. The summed E-state index contributed by atoms with van der Waals surface area (Å²) in [5, 5.41) is 9.50. The van der Waals surface area contributed by atoms with Crippen LogP contribution in [0, 0.1) is 6.92 Å². The van der Waals surface area contributed by atoms with Crippen LogP contribution < -0.4 is 9.47 Å². The Morgan fingerprint density at radius 2 is 2.10 bits per heavy atom. The van der Waals surface area contributed by atoms with E-state index in [0.29, 0.717) is 13.2 Å². The van der Waals surface area contributed by atoms with Crippen LogP contribution in [-0.4, -0.2) is 27.7 Å². The second kappa shape index (κ2) is 4.75. The van der Waals surface area contributed by atoms with Gasteiger partial charge in [-0.3, -0.25) is 4.40 Å². The van der Waals surface area contributed by atoms with E-state index in [4.69, 9.17) is 9.47 Å². The molecule has 0 aliphatic carbocycles. The molecule has 3 heterocycles. The Labute approximate surface area is 125 Å². The van der Waals surface area contributed by atoms with Gasteiger partial charge in [-0.05, 0) is 25.1 Å². The Hall–Kier alpha value is -2.05. The fourth-order valence-corrected chi connectivity index (χ4v) is 3.64. The summed E-state index contributed by atoms with van der Waals surface area (Å²) in [5.41, 5.74) is 2.88. The van der Waals surface area contributed by atoms with Crippen LogP contribution >= 0.6 is 11.3 Å². The molecule has 1 aromatic carbocycles. The van der Waals surface area contributed by atoms with Gasteiger partial charge in [0.25, 0.3) is 0 Å². The molecule has 0 fully saturated rings. The van der Waals surface area contributed by atoms with Crippen molar-refractivity contribution in [2.45, 2.75) is 13.5 Å². The minimum absolute atomic E-state index is 0.0328. The predicted molar refractivity (Wildman–Crippen MR) is 80.2 cm³/mol. The smallest absolute Gasteiger partial charge is 0.194 e. The number of aliphatic hydroxyl groups excluding tert-OH is 1. The van der Waals surface area contributed by atoms with E-state index in [0.717, 1.165) is 38.3 Å². The number of nitrogens with zero attached hydrogens (tertiary/aromatic N) is 2. The second-order valence-electron chi connectivity index (χ2n) is 4.89. The molecule has 0 unspecified atom stereocenters. The second-order valence-corrected chi connectivity index (χ2v) is 6.07. The van der Waals surface area contributed by atoms with Gasteiger partial charge in [-0.2, -0.15) is 0 Å². The molecule has 0 spiro atoms. The van der Waals surface area contributed by atoms with Gasteiger partial charge >= 0.3 is 0 Å². The molecule has 0 radical (unpaired) electrons. The van der Waals surface area contributed by atoms with Crippen LogP contribution in [0.1, 0.15) is 10.6 Å². The number of rotatable bonds is 2. The average Bonchev–Trinajstić information content (AvgIpc) is 3.04. The van der Waals surface area contributed by atoms with Gasteiger partial charge < -0.3 is 14.6 Å². The van der Waals surface area contributed by atoms with Crippen LogP contribution in [0.25, 0.3) is 16.2 Å². The number of ether oxygens (including phenoxy) is 2. The monoisotopic (exact) mass is 302 g/mol. The Balaban J connectivity index is 1.93. The van der Waals surface area contributed by atoms with E-state index in [1.54, 1.807) is 17.5 Å². The zero-order valence-electron chi connectivity index (χ0n) is 11.5. The summed E-state index contributed by atoms with van der Waals surface area (Å²) in [6.07, 6.45) is 1.72. The zero-order chi connectivity index (χ0) is 14.4. The number of imidazole rings is 1. The lowest BCUT2D eigenvalue weighted by Gasteiger charge is -2.19. The molecule has 0 saturated heterocycles. The molecule has 108 valence electrons. The molecule has 3 aromatic rings. The summed E-state index contributed by atoms with van der Waals surface area (Å²) in [7, 11) is 0. The summed E-state index contributed by atoms with van der Waals surface area (Å²) < 4.78 is 13.2. The first-order valence-corrected chi connectivity index (χ1v) is 7.56. The molecule has 1 aliphatic rings. The molecule has 0 amide bonds. The number of aliphatic hydroxyl groups is 1. The van der Waals surface area contributed by atoms with Gasteiger partial charge in [0.05, 0.1) is 24.2 Å². The number of thiazole rings is 1. The van der Waals surface area contributed by atoms with Crippen molar-refractivity contribution < 1.29 is 14.6 Å². The Morgan fingerprint density at radius 3 is 2.90 bits per heavy atom. The summed E-state index contributed by atoms with van der Waals surface area (Å²) in [6, 6.07) is 5.94. The van der Waals surface area contributed by atoms with Gasteiger partial charge in [0, 0.05) is 10.4 Å². The van der Waals surface area contributed by atoms with E-state index in [-0.39, 0.29) is 6.61 Å². The number of aryl methyl sites for hydroxylation is 1. The predicted octanol–water partition coefficient (Wildman–Crippen LogP) is 2.63. The SMILES string of the molecule is Cc1sc2ncc(CO)n2c1-c1ccc2c(c1)OCCO2. The quantitative estimate of drug-likeness (QED) is 0.790. The van der Waals surface area contributed by atoms with Crippen LogP contribution in [0.2, 0.25) is 0 Å². The summed E-state index contributed by atoms with van der Waals surface area (Å²) >= 11 is 1.62. The van der Waals surface area contributed by atoms with Crippen LogP contribution in [0.5, 0.6) is 11.5 Å². The topological polar surface area (TPSA) is 56.0 Å². The highest BCUT2D eigenvalue weighted by molar-refractivity contribution is 7.17. The minimum Gasteiger partial charge on any atom is -0.486 e. The van der Waals surface area contributed by atoms with Crippen molar-refractivity contribution in [3.8, 4) is 22.8 Å². The van der Waals surface area contributed by atoms with E-state index in [2.05, 4.69) is 11.9 Å². The van der Waals surface area contributed by atoms with Crippen molar-refractivity contribution in [3.05, 3.63) is 35.0 Å². The lowest BCUT2D eigenvalue weighted by atomic mass is 10.1. The molecular formula is C15H14N2O3S. The van der Waals surface area contributed by atoms with Gasteiger partial charge in [0.2, 0.25) is 0 Å². The largest absolute Gasteiger partial charge is 0.486 e. The number of benzene rings is 1. The van der Waals surface area contributed by atoms with Crippen molar-refractivity contribution in [2.24, 2.45) is 0 Å². The highest BCUT2D eigenvalue weighted by Crippen LogP contribution is 2.38. The lowest BCUT2D eigenvalue weighted by Crippen LogP contribution is -2.15. The first-order valence-electron chi connectivity index (χ1n) is 6.74. The highest BCUT2D eigenvalue weighted by atomic mass is 32.1. The maximum absolute atomic E-state index is 9.50. The van der Waals surface area contributed by atoms with E-state index in [1.165, 1.54) is 0 Å². The van der Waals surface area contributed by atoms with Crippen LogP contribution in [-0.2, 0) is 6.61 Å². The van der Waals surface area contributed by atoms with Gasteiger partial charge in [0.15, 0.2) is 16.5 Å². The number of aromatic nitrogens is 2. The minimum atomic E-state index is -0.0328. The van der Waals surface area contributed by atoms with Crippen molar-refractivity contribution in [1.29, 1.82) is 0 Å². The number of hydrogen-bond acceptors (Lipinski definition) is 5. The van der Waals surface area contributed by atoms with Crippen LogP contribution in [0.3, 0.4) is 0 Å². The van der Waals surface area contributed by atoms with E-state index >= 15 is 0 Å². The molecule has 0 atom stereocenters. The lowest BCUT2D eigenvalue weighted by molar-refractivity contribution is 0.171. The molecule has 5 nitrogen and oxygen atoms in total. The summed E-state index contributed by atoms with van der Waals surface area (Å²) in [6.45, 7) is 3.19. The van der Waals surface area contributed by atoms with Crippen LogP contribution in [0.15, 0.2) is 24.4 Å². The maximum Gasteiger partial charge on any atom is 0.194 e. The molecule has 0 saturated carbocycles. The molecular weight excluding hydrogens is 288 g/mol. The molecule has 6 heteroatoms. The van der Waals surface area contributed by atoms with Gasteiger partial charge in [0.1, 0.15) is 13.2 Å². The van der Waals surface area contributed by atoms with E-state index in [9.17, 15) is 5.11 Å². The van der Waals surface area contributed by atoms with Crippen molar-refractivity contribution in [2.75, 3.05) is 13.2 Å². The van der Waals surface area contributed by atoms with Crippen molar-refractivity contribution in [3.63, 3.8) is 0 Å². The standard InChI is InChI=1S/C15H14N2O3S/c1-9-14(17-11(8-18)7-16-15(17)21-9)10-2-3-12-13(6-10)20-5-4-19-12/h2-3,6-7,18H,4-5,8H2,1H3. The first-order chi connectivity index (χ1) is 10.3. The average molecular weight is 302 g/mol. The number of fused-ring (bicyclic) bond motifs is 2. The summed E-state index contributed by atoms with van der Waals surface area (Å²) in [4.78, 5) is 6.40. The highest BCUT2D eigenvalue weighted by Gasteiger charge is 2.18. The summed E-state index contributed by atoms with van der Waals surface area (Å²) in [5.74, 6) is 1.55. The van der Waals surface area contributed by atoms with Crippen LogP contribution in [0.4, 0.5) is 0 Å². The first kappa shape index (κ1) is 12.7. The molecule has 1 aliphatic heterocycles. The van der Waals surface area contributed by atoms with Gasteiger partial charge in [-0.15, -0.1) is 11.3 Å². The maximum atomic E-state index is 9.50. The third-order valence-electron chi connectivity index (χ3n) is 3.58. The number of hydrogen-bond donors (Lipinski definition) is 1. The zero-order valence-corrected chi connectivity index (χ0v) is 12.3. The van der Waals surface area contributed by atoms with Crippen molar-refractivity contribution >= 4 is 16.3 Å². The fraction of sp³-hybridized carbons (Fsp3) is 0.267. The third-order valence-corrected chi connectivity index (χ3v) is 4.55. The van der Waals surface area contributed by atoms with E-state index < -0.39 is 0 Å². The van der Waals surface area contributed by atoms with E-state index in [1.807, 2.05) is 22.6 Å². The molecule has 2 aromatic heterocycles. The van der Waals surface area contributed by atoms with Gasteiger partial charge in [-0.1, -0.05) is 0 Å².